The SMILES string of the molecule is Cc1cccc(-c2ccccc2Oc2ccc3c(c2)CC(N)(C(=O)O)CC3)c1Cl. The quantitative estimate of drug-likeness (QED) is 0.609. The average molecular weight is 408 g/mol. The highest BCUT2D eigenvalue weighted by Crippen LogP contribution is 2.39. The number of carboxylic acid groups (broad SMARTS) is 1. The van der Waals surface area contributed by atoms with Crippen LogP contribution in [0.3, 0.4) is 0 Å². The Hall–Kier alpha value is -2.82. The van der Waals surface area contributed by atoms with Crippen LogP contribution in [0.5, 0.6) is 11.5 Å². The third-order valence-corrected chi connectivity index (χ3v) is 6.05. The van der Waals surface area contributed by atoms with Crippen molar-refractivity contribution < 1.29 is 14.6 Å². The summed E-state index contributed by atoms with van der Waals surface area (Å²) in [6.07, 6.45) is 1.37. The van der Waals surface area contributed by atoms with E-state index in [0.717, 1.165) is 27.8 Å². The number of ether oxygens (including phenoxy) is 1. The number of rotatable bonds is 4. The maximum atomic E-state index is 11.6. The molecule has 0 bridgehead atoms. The number of halogens is 1. The van der Waals surface area contributed by atoms with Crippen molar-refractivity contribution in [1.29, 1.82) is 0 Å². The minimum absolute atomic E-state index is 0.292. The number of para-hydroxylation sites is 1. The molecule has 4 nitrogen and oxygen atoms in total. The fourth-order valence-corrected chi connectivity index (χ4v) is 4.03. The van der Waals surface area contributed by atoms with Crippen LogP contribution in [0, 0.1) is 6.92 Å². The molecule has 0 radical (unpaired) electrons. The van der Waals surface area contributed by atoms with Crippen LogP contribution in [0.15, 0.2) is 60.7 Å². The monoisotopic (exact) mass is 407 g/mol. The number of benzene rings is 3. The summed E-state index contributed by atoms with van der Waals surface area (Å²) in [5.74, 6) is 0.372. The summed E-state index contributed by atoms with van der Waals surface area (Å²) in [5.41, 5.74) is 9.72. The Balaban J connectivity index is 1.68. The lowest BCUT2D eigenvalue weighted by Crippen LogP contribution is -2.52. The molecule has 0 fully saturated rings. The van der Waals surface area contributed by atoms with Crippen molar-refractivity contribution in [2.24, 2.45) is 5.73 Å². The van der Waals surface area contributed by atoms with Gasteiger partial charge in [0, 0.05) is 17.5 Å². The lowest BCUT2D eigenvalue weighted by Gasteiger charge is -2.31. The van der Waals surface area contributed by atoms with Gasteiger partial charge in [-0.2, -0.15) is 0 Å². The minimum Gasteiger partial charge on any atom is -0.480 e. The molecule has 5 heteroatoms. The molecule has 0 saturated carbocycles. The summed E-state index contributed by atoms with van der Waals surface area (Å²) in [6.45, 7) is 1.97. The van der Waals surface area contributed by atoms with Crippen LogP contribution >= 0.6 is 11.6 Å². The second-order valence-corrected chi connectivity index (χ2v) is 7.98. The zero-order chi connectivity index (χ0) is 20.6. The normalized spacial score (nSPS) is 18.2. The zero-order valence-corrected chi connectivity index (χ0v) is 16.9. The van der Waals surface area contributed by atoms with Gasteiger partial charge < -0.3 is 15.6 Å². The topological polar surface area (TPSA) is 72.5 Å². The van der Waals surface area contributed by atoms with Gasteiger partial charge in [-0.05, 0) is 54.7 Å². The summed E-state index contributed by atoms with van der Waals surface area (Å²) in [6, 6.07) is 19.5. The first kappa shape index (κ1) is 19.5. The van der Waals surface area contributed by atoms with E-state index in [4.69, 9.17) is 22.1 Å². The van der Waals surface area contributed by atoms with Gasteiger partial charge in [0.1, 0.15) is 17.0 Å². The summed E-state index contributed by atoms with van der Waals surface area (Å²) in [7, 11) is 0. The first-order valence-electron chi connectivity index (χ1n) is 9.54. The summed E-state index contributed by atoms with van der Waals surface area (Å²) < 4.78 is 6.21. The first-order valence-corrected chi connectivity index (χ1v) is 9.92. The van der Waals surface area contributed by atoms with Gasteiger partial charge >= 0.3 is 5.97 Å². The van der Waals surface area contributed by atoms with Gasteiger partial charge in [-0.1, -0.05) is 54.1 Å². The van der Waals surface area contributed by atoms with Gasteiger partial charge in [-0.3, -0.25) is 4.79 Å². The molecule has 3 aromatic carbocycles. The number of carboxylic acids is 1. The molecule has 29 heavy (non-hydrogen) atoms. The Morgan fingerprint density at radius 3 is 2.62 bits per heavy atom. The lowest BCUT2D eigenvalue weighted by molar-refractivity contribution is -0.143. The van der Waals surface area contributed by atoms with Gasteiger partial charge in [0.25, 0.3) is 0 Å². The van der Waals surface area contributed by atoms with Crippen molar-refractivity contribution in [2.45, 2.75) is 31.7 Å². The van der Waals surface area contributed by atoms with Crippen LogP contribution in [0.2, 0.25) is 5.02 Å². The number of aryl methyl sites for hydroxylation is 2. The van der Waals surface area contributed by atoms with Crippen LogP contribution < -0.4 is 10.5 Å². The molecular weight excluding hydrogens is 386 g/mol. The highest BCUT2D eigenvalue weighted by atomic mass is 35.5. The van der Waals surface area contributed by atoms with Crippen LogP contribution in [0.25, 0.3) is 11.1 Å². The van der Waals surface area contributed by atoms with Crippen molar-refractivity contribution in [3.8, 4) is 22.6 Å². The third-order valence-electron chi connectivity index (χ3n) is 5.55. The van der Waals surface area contributed by atoms with E-state index in [1.54, 1.807) is 0 Å². The summed E-state index contributed by atoms with van der Waals surface area (Å²) in [4.78, 5) is 11.6. The first-order chi connectivity index (χ1) is 13.9. The number of hydrogen-bond donors (Lipinski definition) is 2. The molecule has 4 rings (SSSR count). The van der Waals surface area contributed by atoms with Gasteiger partial charge in [0.2, 0.25) is 0 Å². The van der Waals surface area contributed by atoms with Crippen molar-refractivity contribution >= 4 is 17.6 Å². The molecule has 3 N–H and O–H groups in total. The Bertz CT molecular complexity index is 1100. The van der Waals surface area contributed by atoms with Crippen LogP contribution in [-0.2, 0) is 17.6 Å². The summed E-state index contributed by atoms with van der Waals surface area (Å²) in [5, 5.41) is 10.2. The van der Waals surface area contributed by atoms with Crippen molar-refractivity contribution in [3.05, 3.63) is 82.4 Å². The van der Waals surface area contributed by atoms with Crippen LogP contribution in [0.1, 0.15) is 23.1 Å². The number of nitrogens with two attached hydrogens (primary N) is 1. The van der Waals surface area contributed by atoms with Crippen molar-refractivity contribution in [1.82, 2.24) is 0 Å². The molecule has 0 heterocycles. The third kappa shape index (κ3) is 3.74. The standard InChI is InChI=1S/C24H22ClNO3/c1-15-5-4-7-20(22(15)25)19-6-2-3-8-21(19)29-18-10-9-16-11-12-24(26,23(27)28)14-17(16)13-18/h2-10,13H,11-12,14,26H2,1H3,(H,27,28). The molecule has 148 valence electrons. The molecular formula is C24H22ClNO3. The molecule has 0 saturated heterocycles. The van der Waals surface area contributed by atoms with Crippen molar-refractivity contribution in [2.75, 3.05) is 0 Å². The number of fused-ring (bicyclic) bond motifs is 1. The summed E-state index contributed by atoms with van der Waals surface area (Å²) >= 11 is 6.53. The molecule has 1 unspecified atom stereocenters. The average Bonchev–Trinajstić information content (AvgIpc) is 2.70. The molecule has 0 aliphatic heterocycles. The molecule has 1 aliphatic rings. The minimum atomic E-state index is -1.22. The van der Waals surface area contributed by atoms with Gasteiger partial charge in [0.15, 0.2) is 0 Å². The van der Waals surface area contributed by atoms with Crippen molar-refractivity contribution in [3.63, 3.8) is 0 Å². The fourth-order valence-electron chi connectivity index (χ4n) is 3.80. The van der Waals surface area contributed by atoms with Crippen LogP contribution in [0.4, 0.5) is 0 Å². The van der Waals surface area contributed by atoms with E-state index in [-0.39, 0.29) is 0 Å². The van der Waals surface area contributed by atoms with E-state index in [9.17, 15) is 9.90 Å². The molecule has 0 aromatic heterocycles. The Labute approximate surface area is 174 Å². The second-order valence-electron chi connectivity index (χ2n) is 7.60. The van der Waals surface area contributed by atoms with E-state index >= 15 is 0 Å². The molecule has 0 amide bonds. The van der Waals surface area contributed by atoms with E-state index in [2.05, 4.69) is 0 Å². The molecule has 3 aromatic rings. The van der Waals surface area contributed by atoms with Crippen LogP contribution in [-0.4, -0.2) is 16.6 Å². The Morgan fingerprint density at radius 2 is 1.83 bits per heavy atom. The fraction of sp³-hybridized carbons (Fsp3) is 0.208. The van der Waals surface area contributed by atoms with Gasteiger partial charge in [-0.15, -0.1) is 0 Å². The number of aliphatic carboxylic acids is 1. The maximum Gasteiger partial charge on any atom is 0.324 e. The molecule has 1 atom stereocenters. The predicted molar refractivity (Wildman–Crippen MR) is 115 cm³/mol. The predicted octanol–water partition coefficient (Wildman–Crippen LogP) is 5.38. The van der Waals surface area contributed by atoms with E-state index in [1.165, 1.54) is 0 Å². The largest absolute Gasteiger partial charge is 0.480 e. The zero-order valence-electron chi connectivity index (χ0n) is 16.1. The highest BCUT2D eigenvalue weighted by Gasteiger charge is 2.37. The van der Waals surface area contributed by atoms with Gasteiger partial charge in [0.05, 0.1) is 5.02 Å². The van der Waals surface area contributed by atoms with E-state index < -0.39 is 11.5 Å². The number of hydrogen-bond acceptors (Lipinski definition) is 3. The molecule has 1 aliphatic carbocycles. The van der Waals surface area contributed by atoms with Gasteiger partial charge in [-0.25, -0.2) is 0 Å². The number of carbonyl (C=O) groups is 1. The Morgan fingerprint density at radius 1 is 1.07 bits per heavy atom. The second kappa shape index (κ2) is 7.54. The molecule has 0 spiro atoms. The highest BCUT2D eigenvalue weighted by molar-refractivity contribution is 6.34. The smallest absolute Gasteiger partial charge is 0.324 e. The van der Waals surface area contributed by atoms with E-state index in [1.807, 2.05) is 67.6 Å². The van der Waals surface area contributed by atoms with E-state index in [0.29, 0.717) is 35.8 Å². The lowest BCUT2D eigenvalue weighted by atomic mass is 9.78. The maximum absolute atomic E-state index is 11.6. The Kier molecular flexibility index (Phi) is 5.07.